The summed E-state index contributed by atoms with van der Waals surface area (Å²) in [5.74, 6) is 0.940. The molecule has 64 valence electrons. The molecule has 0 unspecified atom stereocenters. The van der Waals surface area contributed by atoms with Crippen molar-refractivity contribution in [3.63, 3.8) is 0 Å². The molecule has 0 aromatic carbocycles. The zero-order chi connectivity index (χ0) is 8.10. The van der Waals surface area contributed by atoms with E-state index in [1.165, 1.54) is 19.3 Å². The van der Waals surface area contributed by atoms with E-state index in [9.17, 15) is 4.79 Å². The third-order valence-corrected chi connectivity index (χ3v) is 2.65. The molecule has 1 fully saturated rings. The van der Waals surface area contributed by atoms with E-state index in [1.807, 2.05) is 0 Å². The maximum Gasteiger partial charge on any atom is 0.220 e. The first-order chi connectivity index (χ1) is 5.33. The minimum absolute atomic E-state index is 0.242. The Morgan fingerprint density at radius 2 is 2.27 bits per heavy atom. The Kier molecular flexibility index (Phi) is 4.18. The molecule has 1 amide bonds. The zero-order valence-corrected chi connectivity index (χ0v) is 8.76. The molecular formula is C8H14INO. The maximum atomic E-state index is 11.1. The summed E-state index contributed by atoms with van der Waals surface area (Å²) in [6, 6.07) is 0. The molecule has 1 aliphatic carbocycles. The number of carbonyl (C=O) groups is 1. The van der Waals surface area contributed by atoms with Gasteiger partial charge in [0.1, 0.15) is 0 Å². The largest absolute Gasteiger partial charge is 0.355 e. The van der Waals surface area contributed by atoms with E-state index < -0.39 is 0 Å². The highest BCUT2D eigenvalue weighted by molar-refractivity contribution is 14.1. The summed E-state index contributed by atoms with van der Waals surface area (Å²) in [5.41, 5.74) is 0. The number of carbonyl (C=O) groups excluding carboxylic acids is 1. The van der Waals surface area contributed by atoms with Gasteiger partial charge >= 0.3 is 0 Å². The maximum absolute atomic E-state index is 11.1. The second-order valence-electron chi connectivity index (χ2n) is 3.04. The molecule has 0 aromatic rings. The Balaban J connectivity index is 2.00. The molecule has 0 aromatic heterocycles. The van der Waals surface area contributed by atoms with Crippen LogP contribution in [0.15, 0.2) is 0 Å². The quantitative estimate of drug-likeness (QED) is 0.610. The summed E-state index contributed by atoms with van der Waals surface area (Å²) in [4.78, 5) is 11.1. The van der Waals surface area contributed by atoms with Crippen LogP contribution in [0.4, 0.5) is 0 Å². The van der Waals surface area contributed by atoms with Gasteiger partial charge in [-0.15, -0.1) is 0 Å². The van der Waals surface area contributed by atoms with Crippen LogP contribution >= 0.6 is 22.6 Å². The third kappa shape index (κ3) is 3.40. The summed E-state index contributed by atoms with van der Waals surface area (Å²) in [6.45, 7) is 0.826. The zero-order valence-electron chi connectivity index (χ0n) is 6.61. The summed E-state index contributed by atoms with van der Waals surface area (Å²) in [6.07, 6.45) is 4.61. The molecule has 0 heterocycles. The second-order valence-corrected chi connectivity index (χ2v) is 4.12. The topological polar surface area (TPSA) is 29.1 Å². The van der Waals surface area contributed by atoms with Crippen molar-refractivity contribution in [2.45, 2.75) is 25.7 Å². The minimum atomic E-state index is 0.242. The van der Waals surface area contributed by atoms with E-state index in [1.54, 1.807) is 0 Å². The van der Waals surface area contributed by atoms with Crippen molar-refractivity contribution in [2.24, 2.45) is 5.92 Å². The predicted octanol–water partition coefficient (Wildman–Crippen LogP) is 1.73. The summed E-state index contributed by atoms with van der Waals surface area (Å²) >= 11 is 2.26. The van der Waals surface area contributed by atoms with Crippen LogP contribution in [-0.2, 0) is 4.79 Å². The first-order valence-corrected chi connectivity index (χ1v) is 5.68. The molecule has 1 aliphatic rings. The van der Waals surface area contributed by atoms with Gasteiger partial charge in [-0.25, -0.2) is 0 Å². The molecule has 2 nitrogen and oxygen atoms in total. The van der Waals surface area contributed by atoms with Crippen LogP contribution in [0.3, 0.4) is 0 Å². The predicted molar refractivity (Wildman–Crippen MR) is 53.9 cm³/mol. The van der Waals surface area contributed by atoms with E-state index in [-0.39, 0.29) is 5.91 Å². The lowest BCUT2D eigenvalue weighted by molar-refractivity contribution is -0.122. The average molecular weight is 267 g/mol. The van der Waals surface area contributed by atoms with Crippen LogP contribution in [0.5, 0.6) is 0 Å². The van der Waals surface area contributed by atoms with Gasteiger partial charge in [-0.05, 0) is 18.8 Å². The van der Waals surface area contributed by atoms with Gasteiger partial charge in [0.2, 0.25) is 5.91 Å². The fraction of sp³-hybridized carbons (Fsp3) is 0.875. The number of alkyl halides is 1. The first kappa shape index (κ1) is 9.29. The van der Waals surface area contributed by atoms with Crippen molar-refractivity contribution in [3.8, 4) is 0 Å². The lowest BCUT2D eigenvalue weighted by atomic mass is 9.83. The highest BCUT2D eigenvalue weighted by Gasteiger charge is 2.19. The van der Waals surface area contributed by atoms with E-state index >= 15 is 0 Å². The van der Waals surface area contributed by atoms with Gasteiger partial charge in [0, 0.05) is 17.4 Å². The molecule has 11 heavy (non-hydrogen) atoms. The first-order valence-electron chi connectivity index (χ1n) is 4.15. The smallest absolute Gasteiger partial charge is 0.220 e. The second kappa shape index (κ2) is 4.95. The van der Waals surface area contributed by atoms with Crippen LogP contribution < -0.4 is 5.32 Å². The molecule has 0 spiro atoms. The Labute approximate surface area is 81.3 Å². The van der Waals surface area contributed by atoms with Crippen molar-refractivity contribution in [1.29, 1.82) is 0 Å². The molecule has 0 radical (unpaired) electrons. The molecule has 0 atom stereocenters. The standard InChI is InChI=1S/C8H14INO/c9-4-5-10-8(11)6-7-2-1-3-7/h7H,1-6H2,(H,10,11). The monoisotopic (exact) mass is 267 g/mol. The van der Waals surface area contributed by atoms with E-state index in [0.717, 1.165) is 17.4 Å². The van der Waals surface area contributed by atoms with Gasteiger partial charge in [-0.3, -0.25) is 4.79 Å². The Hall–Kier alpha value is 0.200. The molecule has 3 heteroatoms. The number of halogens is 1. The van der Waals surface area contributed by atoms with E-state index in [2.05, 4.69) is 27.9 Å². The molecular weight excluding hydrogens is 253 g/mol. The Bertz CT molecular complexity index is 134. The molecule has 1 saturated carbocycles. The fourth-order valence-electron chi connectivity index (χ4n) is 1.22. The van der Waals surface area contributed by atoms with E-state index in [4.69, 9.17) is 0 Å². The number of hydrogen-bond acceptors (Lipinski definition) is 1. The molecule has 0 aliphatic heterocycles. The molecule has 1 N–H and O–H groups in total. The summed E-state index contributed by atoms with van der Waals surface area (Å²) < 4.78 is 1.01. The number of hydrogen-bond donors (Lipinski definition) is 1. The van der Waals surface area contributed by atoms with Crippen molar-refractivity contribution in [2.75, 3.05) is 11.0 Å². The number of nitrogens with one attached hydrogen (secondary N) is 1. The van der Waals surface area contributed by atoms with Crippen molar-refractivity contribution >= 4 is 28.5 Å². The van der Waals surface area contributed by atoms with Crippen molar-refractivity contribution < 1.29 is 4.79 Å². The van der Waals surface area contributed by atoms with E-state index in [0.29, 0.717) is 5.92 Å². The average Bonchev–Trinajstić information content (AvgIpc) is 1.93. The molecule has 0 saturated heterocycles. The number of amides is 1. The number of rotatable bonds is 4. The molecule has 0 bridgehead atoms. The van der Waals surface area contributed by atoms with Gasteiger partial charge in [0.15, 0.2) is 0 Å². The van der Waals surface area contributed by atoms with Crippen LogP contribution in [0.25, 0.3) is 0 Å². The van der Waals surface area contributed by atoms with Crippen molar-refractivity contribution in [3.05, 3.63) is 0 Å². The molecule has 1 rings (SSSR count). The Morgan fingerprint density at radius 3 is 2.73 bits per heavy atom. The fourth-order valence-corrected chi connectivity index (χ4v) is 1.49. The van der Waals surface area contributed by atoms with Gasteiger partial charge in [-0.2, -0.15) is 0 Å². The van der Waals surface area contributed by atoms with Crippen LogP contribution in [0.1, 0.15) is 25.7 Å². The summed E-state index contributed by atoms with van der Waals surface area (Å²) in [5, 5.41) is 2.88. The van der Waals surface area contributed by atoms with Gasteiger partial charge in [-0.1, -0.05) is 29.0 Å². The van der Waals surface area contributed by atoms with Crippen LogP contribution in [0, 0.1) is 5.92 Å². The van der Waals surface area contributed by atoms with Crippen molar-refractivity contribution in [1.82, 2.24) is 5.32 Å². The summed E-state index contributed by atoms with van der Waals surface area (Å²) in [7, 11) is 0. The minimum Gasteiger partial charge on any atom is -0.355 e. The Morgan fingerprint density at radius 1 is 1.55 bits per heavy atom. The lowest BCUT2D eigenvalue weighted by Gasteiger charge is -2.24. The SMILES string of the molecule is O=C(CC1CCC1)NCCI. The highest BCUT2D eigenvalue weighted by Crippen LogP contribution is 2.28. The third-order valence-electron chi connectivity index (χ3n) is 2.12. The van der Waals surface area contributed by atoms with Gasteiger partial charge in [0.25, 0.3) is 0 Å². The van der Waals surface area contributed by atoms with Gasteiger partial charge < -0.3 is 5.32 Å². The van der Waals surface area contributed by atoms with Gasteiger partial charge in [0.05, 0.1) is 0 Å². The highest BCUT2D eigenvalue weighted by atomic mass is 127. The van der Waals surface area contributed by atoms with Crippen LogP contribution in [-0.4, -0.2) is 16.9 Å². The lowest BCUT2D eigenvalue weighted by Crippen LogP contribution is -2.28. The normalized spacial score (nSPS) is 17.5. The van der Waals surface area contributed by atoms with Crippen LogP contribution in [0.2, 0.25) is 0 Å².